The summed E-state index contributed by atoms with van der Waals surface area (Å²) in [6, 6.07) is 38.4. The van der Waals surface area contributed by atoms with Gasteiger partial charge in [0.2, 0.25) is 11.9 Å². The van der Waals surface area contributed by atoms with E-state index in [4.69, 9.17) is 24.4 Å². The molecule has 0 fully saturated rings. The molecule has 0 spiro atoms. The third kappa shape index (κ3) is 9.08. The molecule has 6 rings (SSSR count). The summed E-state index contributed by atoms with van der Waals surface area (Å²) in [5.41, 5.74) is 5.29. The van der Waals surface area contributed by atoms with Crippen molar-refractivity contribution in [2.75, 3.05) is 23.8 Å². The van der Waals surface area contributed by atoms with E-state index in [9.17, 15) is 9.59 Å². The first-order chi connectivity index (χ1) is 25.5. The molecule has 2 N–H and O–H groups in total. The number of esters is 2. The average molecular weight is 695 g/mol. The van der Waals surface area contributed by atoms with Crippen molar-refractivity contribution in [2.45, 2.75) is 45.6 Å². The number of hydrogen-bond acceptors (Lipinski definition) is 9. The fraction of sp³-hybridized carbons (Fsp3) is 0.214. The maximum Gasteiger partial charge on any atom is 0.338 e. The summed E-state index contributed by atoms with van der Waals surface area (Å²) in [4.78, 5) is 39.4. The molecule has 0 unspecified atom stereocenters. The monoisotopic (exact) mass is 694 g/mol. The van der Waals surface area contributed by atoms with E-state index in [1.54, 1.807) is 48.5 Å². The van der Waals surface area contributed by atoms with Crippen molar-refractivity contribution in [1.29, 1.82) is 0 Å². The molecular weight excluding hydrogens is 652 g/mol. The van der Waals surface area contributed by atoms with Crippen molar-refractivity contribution < 1.29 is 19.1 Å². The fourth-order valence-corrected chi connectivity index (χ4v) is 5.62. The first-order valence-electron chi connectivity index (χ1n) is 17.6. The summed E-state index contributed by atoms with van der Waals surface area (Å²) < 4.78 is 12.9. The Morgan fingerprint density at radius 1 is 0.596 bits per heavy atom. The molecule has 6 aromatic rings. The summed E-state index contributed by atoms with van der Waals surface area (Å²) in [6.07, 6.45) is 5.56. The largest absolute Gasteiger partial charge is 0.462 e. The van der Waals surface area contributed by atoms with Gasteiger partial charge in [0.25, 0.3) is 0 Å². The van der Waals surface area contributed by atoms with Crippen LogP contribution in [0.25, 0.3) is 11.5 Å². The SMILES string of the molecule is CCCCOC(=O)c1ccc(Nc2nc(Nc3ccc(C(=O)OCCCC)cc3)nc(-c3cccn3C(c3ccccc3)c3ccccc3)n2)cc1. The van der Waals surface area contributed by atoms with E-state index in [1.807, 2.05) is 68.6 Å². The van der Waals surface area contributed by atoms with Gasteiger partial charge in [-0.3, -0.25) is 0 Å². The van der Waals surface area contributed by atoms with E-state index in [2.05, 4.69) is 39.5 Å². The molecule has 264 valence electrons. The van der Waals surface area contributed by atoms with Gasteiger partial charge in [0, 0.05) is 17.6 Å². The Hall–Kier alpha value is -6.29. The molecule has 0 saturated carbocycles. The van der Waals surface area contributed by atoms with Crippen LogP contribution < -0.4 is 10.6 Å². The van der Waals surface area contributed by atoms with E-state index in [0.717, 1.165) is 42.5 Å². The Kier molecular flexibility index (Phi) is 12.0. The molecule has 0 radical (unpaired) electrons. The predicted octanol–water partition coefficient (Wildman–Crippen LogP) is 9.38. The molecule has 0 amide bonds. The fourth-order valence-electron chi connectivity index (χ4n) is 5.62. The van der Waals surface area contributed by atoms with Gasteiger partial charge in [-0.25, -0.2) is 9.59 Å². The molecule has 2 aromatic heterocycles. The van der Waals surface area contributed by atoms with E-state index >= 15 is 0 Å². The molecule has 2 heterocycles. The smallest absolute Gasteiger partial charge is 0.338 e. The van der Waals surface area contributed by atoms with Crippen LogP contribution >= 0.6 is 0 Å². The second-order valence-electron chi connectivity index (χ2n) is 12.2. The Labute approximate surface area is 303 Å². The minimum atomic E-state index is -0.360. The quantitative estimate of drug-likeness (QED) is 0.0754. The van der Waals surface area contributed by atoms with Crippen LogP contribution in [0.3, 0.4) is 0 Å². The number of unbranched alkanes of at least 4 members (excludes halogenated alkanes) is 2. The van der Waals surface area contributed by atoms with Crippen molar-refractivity contribution in [3.8, 4) is 11.5 Å². The van der Waals surface area contributed by atoms with Crippen LogP contribution in [0.15, 0.2) is 128 Å². The minimum absolute atomic E-state index is 0.147. The lowest BCUT2D eigenvalue weighted by atomic mass is 9.98. The number of anilines is 4. The molecular formula is C42H42N6O4. The molecule has 10 nitrogen and oxygen atoms in total. The van der Waals surface area contributed by atoms with E-state index < -0.39 is 0 Å². The maximum atomic E-state index is 12.5. The third-order valence-electron chi connectivity index (χ3n) is 8.37. The van der Waals surface area contributed by atoms with Crippen molar-refractivity contribution >= 4 is 35.2 Å². The van der Waals surface area contributed by atoms with Crippen LogP contribution in [0.2, 0.25) is 0 Å². The van der Waals surface area contributed by atoms with Crippen LogP contribution in [-0.4, -0.2) is 44.7 Å². The lowest BCUT2D eigenvalue weighted by Gasteiger charge is -2.23. The van der Waals surface area contributed by atoms with Crippen molar-refractivity contribution in [3.63, 3.8) is 0 Å². The number of ether oxygens (including phenoxy) is 2. The number of carbonyl (C=O) groups is 2. The number of hydrogen-bond donors (Lipinski definition) is 2. The van der Waals surface area contributed by atoms with Crippen LogP contribution in [0.1, 0.15) is 77.4 Å². The van der Waals surface area contributed by atoms with Gasteiger partial charge < -0.3 is 24.7 Å². The maximum absolute atomic E-state index is 12.5. The highest BCUT2D eigenvalue weighted by atomic mass is 16.5. The summed E-state index contributed by atoms with van der Waals surface area (Å²) in [5, 5.41) is 6.57. The van der Waals surface area contributed by atoms with Gasteiger partial charge in [-0.15, -0.1) is 0 Å². The first-order valence-corrected chi connectivity index (χ1v) is 17.6. The molecule has 0 saturated heterocycles. The standard InChI is InChI=1S/C42H42N6O4/c1-3-5-28-51-39(49)32-19-23-34(24-20-32)43-41-45-38(46-42(47-41)44-35-25-21-33(22-26-35)40(50)52-29-6-4-2)36-18-13-27-48(36)37(30-14-9-7-10-15-30)31-16-11-8-12-17-31/h7-27,37H,3-6,28-29H2,1-2H3,(H2,43,44,45,46,47). The number of rotatable bonds is 16. The van der Waals surface area contributed by atoms with Gasteiger partial charge in [-0.05, 0) is 84.6 Å². The van der Waals surface area contributed by atoms with Crippen molar-refractivity contribution in [1.82, 2.24) is 19.5 Å². The Bertz CT molecular complexity index is 1920. The van der Waals surface area contributed by atoms with Crippen LogP contribution in [0.4, 0.5) is 23.3 Å². The normalized spacial score (nSPS) is 10.9. The number of nitrogens with one attached hydrogen (secondary N) is 2. The molecule has 0 aliphatic carbocycles. The first kappa shape index (κ1) is 35.5. The molecule has 4 aromatic carbocycles. The number of aromatic nitrogens is 4. The van der Waals surface area contributed by atoms with Crippen LogP contribution in [0.5, 0.6) is 0 Å². The van der Waals surface area contributed by atoms with Crippen molar-refractivity contribution in [3.05, 3.63) is 150 Å². The van der Waals surface area contributed by atoms with Gasteiger partial charge in [0.05, 0.1) is 36.1 Å². The van der Waals surface area contributed by atoms with Gasteiger partial charge in [-0.2, -0.15) is 15.0 Å². The Balaban J connectivity index is 1.34. The number of benzene rings is 4. The highest BCUT2D eigenvalue weighted by Gasteiger charge is 2.21. The lowest BCUT2D eigenvalue weighted by Crippen LogP contribution is -2.14. The molecule has 0 atom stereocenters. The van der Waals surface area contributed by atoms with Gasteiger partial charge in [0.1, 0.15) is 0 Å². The van der Waals surface area contributed by atoms with Crippen LogP contribution in [-0.2, 0) is 9.47 Å². The number of carbonyl (C=O) groups excluding carboxylic acids is 2. The molecule has 52 heavy (non-hydrogen) atoms. The third-order valence-corrected chi connectivity index (χ3v) is 8.37. The molecule has 0 bridgehead atoms. The second-order valence-corrected chi connectivity index (χ2v) is 12.2. The average Bonchev–Trinajstić information content (AvgIpc) is 3.66. The Morgan fingerprint density at radius 2 is 1.06 bits per heavy atom. The zero-order valence-corrected chi connectivity index (χ0v) is 29.4. The second kappa shape index (κ2) is 17.6. The summed E-state index contributed by atoms with van der Waals surface area (Å²) in [6.45, 7) is 4.88. The van der Waals surface area contributed by atoms with E-state index in [-0.39, 0.29) is 18.0 Å². The van der Waals surface area contributed by atoms with E-state index in [0.29, 0.717) is 53.4 Å². The minimum Gasteiger partial charge on any atom is -0.462 e. The van der Waals surface area contributed by atoms with Crippen LogP contribution in [0, 0.1) is 0 Å². The van der Waals surface area contributed by atoms with E-state index in [1.165, 1.54) is 0 Å². The predicted molar refractivity (Wildman–Crippen MR) is 203 cm³/mol. The summed E-state index contributed by atoms with van der Waals surface area (Å²) in [5.74, 6) is 0.313. The molecule has 0 aliphatic heterocycles. The zero-order chi connectivity index (χ0) is 36.1. The highest BCUT2D eigenvalue weighted by molar-refractivity contribution is 5.90. The summed E-state index contributed by atoms with van der Waals surface area (Å²) in [7, 11) is 0. The van der Waals surface area contributed by atoms with Gasteiger partial charge in [0.15, 0.2) is 5.82 Å². The highest BCUT2D eigenvalue weighted by Crippen LogP contribution is 2.32. The van der Waals surface area contributed by atoms with Gasteiger partial charge in [-0.1, -0.05) is 87.4 Å². The Morgan fingerprint density at radius 3 is 1.50 bits per heavy atom. The van der Waals surface area contributed by atoms with Gasteiger partial charge >= 0.3 is 11.9 Å². The lowest BCUT2D eigenvalue weighted by molar-refractivity contribution is 0.0490. The number of nitrogens with zero attached hydrogens (tertiary/aromatic N) is 4. The summed E-state index contributed by atoms with van der Waals surface area (Å²) >= 11 is 0. The topological polar surface area (TPSA) is 120 Å². The molecule has 0 aliphatic rings. The molecule has 10 heteroatoms. The zero-order valence-electron chi connectivity index (χ0n) is 29.4. The van der Waals surface area contributed by atoms with Crippen molar-refractivity contribution in [2.24, 2.45) is 0 Å².